The Hall–Kier alpha value is -1.92. The van der Waals surface area contributed by atoms with Crippen LogP contribution in [0.3, 0.4) is 0 Å². The van der Waals surface area contributed by atoms with E-state index in [0.717, 1.165) is 19.3 Å². The lowest BCUT2D eigenvalue weighted by Crippen LogP contribution is -2.29. The molecule has 0 amide bonds. The number of nitrogens with zero attached hydrogens (tertiary/aromatic N) is 3. The molecule has 1 saturated carbocycles. The lowest BCUT2D eigenvalue weighted by molar-refractivity contribution is -0.385. The first-order chi connectivity index (χ1) is 8.59. The van der Waals surface area contributed by atoms with Crippen molar-refractivity contribution in [2.45, 2.75) is 38.7 Å². The van der Waals surface area contributed by atoms with Gasteiger partial charge in [0.1, 0.15) is 12.4 Å². The molecule has 1 aliphatic rings. The maximum atomic E-state index is 10.9. The molecule has 2 N–H and O–H groups in total. The summed E-state index contributed by atoms with van der Waals surface area (Å²) in [5.41, 5.74) is 5.15. The number of nitrogens with two attached hydrogens (primary N) is 1. The lowest BCUT2D eigenvalue weighted by atomic mass is 9.88. The highest BCUT2D eigenvalue weighted by Crippen LogP contribution is 2.33. The van der Waals surface area contributed by atoms with Crippen molar-refractivity contribution >= 4 is 11.5 Å². The molecular weight excluding hydrogens is 236 g/mol. The van der Waals surface area contributed by atoms with Gasteiger partial charge >= 0.3 is 5.69 Å². The van der Waals surface area contributed by atoms with Gasteiger partial charge in [0.05, 0.1) is 4.92 Å². The number of hydrogen-bond donors (Lipinski definition) is 1. The summed E-state index contributed by atoms with van der Waals surface area (Å²) in [7, 11) is 0. The molecule has 7 nitrogen and oxygen atoms in total. The Morgan fingerprint density at radius 2 is 2.17 bits per heavy atom. The van der Waals surface area contributed by atoms with Gasteiger partial charge < -0.3 is 10.5 Å². The van der Waals surface area contributed by atoms with Crippen LogP contribution in [0, 0.1) is 16.0 Å². The van der Waals surface area contributed by atoms with E-state index in [4.69, 9.17) is 10.5 Å². The van der Waals surface area contributed by atoms with Crippen molar-refractivity contribution in [1.82, 2.24) is 9.97 Å². The van der Waals surface area contributed by atoms with Crippen LogP contribution >= 0.6 is 0 Å². The quantitative estimate of drug-likeness (QED) is 0.651. The van der Waals surface area contributed by atoms with Crippen molar-refractivity contribution in [3.8, 4) is 5.88 Å². The summed E-state index contributed by atoms with van der Waals surface area (Å²) in [5.74, 6) is 0.189. The van der Waals surface area contributed by atoms with Crippen LogP contribution in [0.15, 0.2) is 6.33 Å². The second kappa shape index (κ2) is 5.16. The van der Waals surface area contributed by atoms with Crippen molar-refractivity contribution in [2.75, 3.05) is 5.73 Å². The maximum absolute atomic E-state index is 10.9. The minimum absolute atomic E-state index is 0.0220. The van der Waals surface area contributed by atoms with Crippen LogP contribution in [0.4, 0.5) is 11.5 Å². The third-order valence-corrected chi connectivity index (χ3v) is 3.30. The van der Waals surface area contributed by atoms with Crippen LogP contribution in [0.5, 0.6) is 5.88 Å². The monoisotopic (exact) mass is 252 g/mol. The Bertz CT molecular complexity index is 452. The van der Waals surface area contributed by atoms with Gasteiger partial charge in [-0.15, -0.1) is 0 Å². The van der Waals surface area contributed by atoms with E-state index in [-0.39, 0.29) is 23.5 Å². The summed E-state index contributed by atoms with van der Waals surface area (Å²) >= 11 is 0. The summed E-state index contributed by atoms with van der Waals surface area (Å²) in [4.78, 5) is 17.8. The number of aromatic nitrogens is 2. The zero-order valence-corrected chi connectivity index (χ0v) is 10.2. The molecule has 7 heteroatoms. The molecule has 0 aromatic carbocycles. The fourth-order valence-corrected chi connectivity index (χ4v) is 2.23. The van der Waals surface area contributed by atoms with E-state index in [0.29, 0.717) is 5.92 Å². The Balaban J connectivity index is 2.23. The summed E-state index contributed by atoms with van der Waals surface area (Å²) in [6.45, 7) is 2.08. The zero-order valence-electron chi connectivity index (χ0n) is 10.2. The van der Waals surface area contributed by atoms with Gasteiger partial charge in [-0.2, -0.15) is 4.98 Å². The largest absolute Gasteiger partial charge is 0.469 e. The predicted molar refractivity (Wildman–Crippen MR) is 65.1 cm³/mol. The van der Waals surface area contributed by atoms with Gasteiger partial charge in [0.2, 0.25) is 5.82 Å². The fraction of sp³-hybridized carbons (Fsp3) is 0.636. The topological polar surface area (TPSA) is 104 Å². The van der Waals surface area contributed by atoms with E-state index in [2.05, 4.69) is 16.9 Å². The van der Waals surface area contributed by atoms with E-state index >= 15 is 0 Å². The Kier molecular flexibility index (Phi) is 3.59. The molecule has 0 radical (unpaired) electrons. The molecule has 0 saturated heterocycles. The van der Waals surface area contributed by atoms with Crippen LogP contribution < -0.4 is 10.5 Å². The molecule has 18 heavy (non-hydrogen) atoms. The molecule has 2 rings (SSSR count). The van der Waals surface area contributed by atoms with Gasteiger partial charge in [-0.1, -0.05) is 13.3 Å². The second-order valence-electron chi connectivity index (χ2n) is 4.59. The SMILES string of the molecule is CC1CCCCC1Oc1ncnc(N)c1[N+](=O)[O-]. The molecule has 2 atom stereocenters. The number of rotatable bonds is 3. The van der Waals surface area contributed by atoms with Gasteiger partial charge in [-0.05, 0) is 25.2 Å². The molecular formula is C11H16N4O3. The smallest absolute Gasteiger partial charge is 0.372 e. The zero-order chi connectivity index (χ0) is 13.1. The van der Waals surface area contributed by atoms with Crippen LogP contribution in [-0.4, -0.2) is 21.0 Å². The van der Waals surface area contributed by atoms with Crippen molar-refractivity contribution in [3.05, 3.63) is 16.4 Å². The van der Waals surface area contributed by atoms with E-state index in [1.165, 1.54) is 12.7 Å². The normalized spacial score (nSPS) is 23.6. The lowest BCUT2D eigenvalue weighted by Gasteiger charge is -2.28. The van der Waals surface area contributed by atoms with Gasteiger partial charge in [0, 0.05) is 0 Å². The van der Waals surface area contributed by atoms with Crippen molar-refractivity contribution in [1.29, 1.82) is 0 Å². The summed E-state index contributed by atoms with van der Waals surface area (Å²) in [5, 5.41) is 10.9. The first kappa shape index (κ1) is 12.5. The maximum Gasteiger partial charge on any atom is 0.372 e. The molecule has 1 fully saturated rings. The molecule has 1 aliphatic carbocycles. The van der Waals surface area contributed by atoms with Crippen molar-refractivity contribution in [3.63, 3.8) is 0 Å². The van der Waals surface area contributed by atoms with Gasteiger partial charge in [-0.3, -0.25) is 10.1 Å². The van der Waals surface area contributed by atoms with E-state index in [1.54, 1.807) is 0 Å². The van der Waals surface area contributed by atoms with Crippen LogP contribution in [-0.2, 0) is 0 Å². The number of nitrogen functional groups attached to an aromatic ring is 1. The van der Waals surface area contributed by atoms with Gasteiger partial charge in [0.25, 0.3) is 5.88 Å². The first-order valence-corrected chi connectivity index (χ1v) is 6.01. The molecule has 98 valence electrons. The fourth-order valence-electron chi connectivity index (χ4n) is 2.23. The molecule has 1 aromatic heterocycles. The number of nitro groups is 1. The van der Waals surface area contributed by atoms with Crippen LogP contribution in [0.25, 0.3) is 0 Å². The van der Waals surface area contributed by atoms with Crippen LogP contribution in [0.2, 0.25) is 0 Å². The third kappa shape index (κ3) is 2.49. The van der Waals surface area contributed by atoms with Gasteiger partial charge in [0.15, 0.2) is 0 Å². The Labute approximate surface area is 105 Å². The van der Waals surface area contributed by atoms with Crippen molar-refractivity contribution < 1.29 is 9.66 Å². The van der Waals surface area contributed by atoms with E-state index in [1.807, 2.05) is 0 Å². The predicted octanol–water partition coefficient (Wildman–Crippen LogP) is 1.92. The average molecular weight is 252 g/mol. The Morgan fingerprint density at radius 1 is 1.44 bits per heavy atom. The molecule has 1 heterocycles. The summed E-state index contributed by atoms with van der Waals surface area (Å²) in [6, 6.07) is 0. The van der Waals surface area contributed by atoms with E-state index < -0.39 is 4.92 Å². The standard InChI is InChI=1S/C11H16N4O3/c1-7-4-2-3-5-8(7)18-11-9(15(16)17)10(12)13-6-14-11/h6-8H,2-5H2,1H3,(H2,12,13,14). The highest BCUT2D eigenvalue weighted by molar-refractivity contribution is 5.57. The second-order valence-corrected chi connectivity index (χ2v) is 4.59. The summed E-state index contributed by atoms with van der Waals surface area (Å²) < 4.78 is 5.67. The number of ether oxygens (including phenoxy) is 1. The Morgan fingerprint density at radius 3 is 2.83 bits per heavy atom. The third-order valence-electron chi connectivity index (χ3n) is 3.30. The van der Waals surface area contributed by atoms with Gasteiger partial charge in [-0.25, -0.2) is 4.98 Å². The van der Waals surface area contributed by atoms with E-state index in [9.17, 15) is 10.1 Å². The first-order valence-electron chi connectivity index (χ1n) is 6.01. The molecule has 1 aromatic rings. The number of hydrogen-bond acceptors (Lipinski definition) is 6. The van der Waals surface area contributed by atoms with Crippen LogP contribution in [0.1, 0.15) is 32.6 Å². The average Bonchev–Trinajstić information content (AvgIpc) is 2.31. The summed E-state index contributed by atoms with van der Waals surface area (Å²) in [6.07, 6.45) is 5.36. The minimum Gasteiger partial charge on any atom is -0.469 e. The highest BCUT2D eigenvalue weighted by atomic mass is 16.6. The minimum atomic E-state index is -0.599. The molecule has 0 bridgehead atoms. The molecule has 0 aliphatic heterocycles. The highest BCUT2D eigenvalue weighted by Gasteiger charge is 2.29. The van der Waals surface area contributed by atoms with Crippen molar-refractivity contribution in [2.24, 2.45) is 5.92 Å². The number of anilines is 1. The molecule has 0 spiro atoms. The molecule has 2 unspecified atom stereocenters.